The van der Waals surface area contributed by atoms with Gasteiger partial charge < -0.3 is 20.1 Å². The Bertz CT molecular complexity index is 850. The van der Waals surface area contributed by atoms with E-state index in [1.807, 2.05) is 0 Å². The Morgan fingerprint density at radius 1 is 0.667 bits per heavy atom. The zero-order chi connectivity index (χ0) is 21.9. The van der Waals surface area contributed by atoms with Crippen molar-refractivity contribution in [2.24, 2.45) is 0 Å². The molecule has 0 spiro atoms. The lowest BCUT2D eigenvalue weighted by molar-refractivity contribution is -0.125. The average Bonchev–Trinajstić information content (AvgIpc) is 2.74. The van der Waals surface area contributed by atoms with Gasteiger partial charge in [-0.2, -0.15) is 0 Å². The van der Waals surface area contributed by atoms with Crippen molar-refractivity contribution >= 4 is 23.8 Å². The normalized spacial score (nSPS) is 10.1. The second-order valence-corrected chi connectivity index (χ2v) is 6.48. The third-order valence-electron chi connectivity index (χ3n) is 4.17. The van der Waals surface area contributed by atoms with Crippen LogP contribution in [-0.2, 0) is 19.1 Å². The largest absolute Gasteiger partial charge is 0.452 e. The van der Waals surface area contributed by atoms with Gasteiger partial charge in [-0.3, -0.25) is 9.59 Å². The van der Waals surface area contributed by atoms with Gasteiger partial charge in [0.2, 0.25) is 0 Å². The van der Waals surface area contributed by atoms with E-state index in [0.29, 0.717) is 11.1 Å². The number of rotatable bonds is 9. The Balaban J connectivity index is 1.60. The maximum Gasteiger partial charge on any atom is 0.338 e. The van der Waals surface area contributed by atoms with Crippen molar-refractivity contribution in [1.82, 2.24) is 10.6 Å². The van der Waals surface area contributed by atoms with Gasteiger partial charge in [0.15, 0.2) is 13.2 Å². The summed E-state index contributed by atoms with van der Waals surface area (Å²) in [4.78, 5) is 47.4. The van der Waals surface area contributed by atoms with Crippen molar-refractivity contribution in [3.8, 4) is 0 Å². The topological polar surface area (TPSA) is 111 Å². The van der Waals surface area contributed by atoms with Crippen LogP contribution in [0.2, 0.25) is 0 Å². The summed E-state index contributed by atoms with van der Waals surface area (Å²) in [6, 6.07) is 13.8. The molecular weight excluding hydrogens is 388 g/mol. The van der Waals surface area contributed by atoms with E-state index in [0.717, 1.165) is 11.1 Å². The molecule has 2 aromatic carbocycles. The highest BCUT2D eigenvalue weighted by atomic mass is 16.5. The fraction of sp³-hybridized carbons (Fsp3) is 0.273. The summed E-state index contributed by atoms with van der Waals surface area (Å²) in [7, 11) is 0. The molecule has 0 saturated carbocycles. The number of esters is 2. The molecule has 8 heteroatoms. The minimum Gasteiger partial charge on any atom is -0.452 e. The van der Waals surface area contributed by atoms with E-state index in [-0.39, 0.29) is 13.1 Å². The number of hydrogen-bond donors (Lipinski definition) is 2. The molecule has 0 saturated heterocycles. The first-order valence-electron chi connectivity index (χ1n) is 9.37. The molecule has 0 atom stereocenters. The first-order chi connectivity index (χ1) is 14.4. The maximum atomic E-state index is 11.9. The van der Waals surface area contributed by atoms with Gasteiger partial charge in [-0.1, -0.05) is 36.4 Å². The Morgan fingerprint density at radius 2 is 1.03 bits per heavy atom. The van der Waals surface area contributed by atoms with E-state index in [1.54, 1.807) is 62.4 Å². The molecule has 0 fully saturated rings. The lowest BCUT2D eigenvalue weighted by atomic mass is 10.1. The molecule has 2 N–H and O–H groups in total. The highest BCUT2D eigenvalue weighted by Crippen LogP contribution is 2.09. The molecular formula is C22H24N2O6. The average molecular weight is 412 g/mol. The van der Waals surface area contributed by atoms with Crippen LogP contribution >= 0.6 is 0 Å². The Morgan fingerprint density at radius 3 is 1.40 bits per heavy atom. The quantitative estimate of drug-likeness (QED) is 0.478. The van der Waals surface area contributed by atoms with E-state index >= 15 is 0 Å². The van der Waals surface area contributed by atoms with E-state index < -0.39 is 37.0 Å². The second kappa shape index (κ2) is 11.4. The van der Waals surface area contributed by atoms with Crippen LogP contribution in [0.15, 0.2) is 48.5 Å². The molecule has 0 aliphatic rings. The van der Waals surface area contributed by atoms with E-state index in [1.165, 1.54) is 0 Å². The predicted octanol–water partition coefficient (Wildman–Crippen LogP) is 1.55. The number of nitrogens with one attached hydrogen (secondary N) is 2. The summed E-state index contributed by atoms with van der Waals surface area (Å²) in [6.07, 6.45) is 0. The maximum absolute atomic E-state index is 11.9. The van der Waals surface area contributed by atoms with Crippen LogP contribution in [0, 0.1) is 13.8 Å². The first kappa shape index (κ1) is 22.6. The molecule has 0 aliphatic carbocycles. The molecule has 2 rings (SSSR count). The lowest BCUT2D eigenvalue weighted by Crippen LogP contribution is -2.38. The molecule has 0 unspecified atom stereocenters. The molecule has 30 heavy (non-hydrogen) atoms. The number of carbonyl (C=O) groups excluding carboxylic acids is 4. The summed E-state index contributed by atoms with van der Waals surface area (Å²) in [6.45, 7) is 2.98. The fourth-order valence-corrected chi connectivity index (χ4v) is 2.53. The standard InChI is InChI=1S/C22H24N2O6/c1-15-7-3-5-9-17(15)21(27)29-13-19(25)23-11-12-24-20(26)14-30-22(28)18-10-6-4-8-16(18)2/h3-10H,11-14H2,1-2H3,(H,23,25)(H,24,26). The summed E-state index contributed by atoms with van der Waals surface area (Å²) >= 11 is 0. The third-order valence-corrected chi connectivity index (χ3v) is 4.17. The summed E-state index contributed by atoms with van der Waals surface area (Å²) in [5.41, 5.74) is 2.32. The van der Waals surface area contributed by atoms with Crippen LogP contribution in [0.3, 0.4) is 0 Å². The van der Waals surface area contributed by atoms with Gasteiger partial charge in [-0.15, -0.1) is 0 Å². The van der Waals surface area contributed by atoms with Gasteiger partial charge in [0, 0.05) is 13.1 Å². The van der Waals surface area contributed by atoms with Gasteiger partial charge >= 0.3 is 11.9 Å². The van der Waals surface area contributed by atoms with Crippen LogP contribution in [-0.4, -0.2) is 50.1 Å². The number of aryl methyl sites for hydroxylation is 2. The van der Waals surface area contributed by atoms with Crippen LogP contribution in [0.25, 0.3) is 0 Å². The van der Waals surface area contributed by atoms with Crippen LogP contribution in [0.1, 0.15) is 31.8 Å². The monoisotopic (exact) mass is 412 g/mol. The van der Waals surface area contributed by atoms with Crippen molar-refractivity contribution in [2.75, 3.05) is 26.3 Å². The predicted molar refractivity (Wildman–Crippen MR) is 109 cm³/mol. The fourth-order valence-electron chi connectivity index (χ4n) is 2.53. The second-order valence-electron chi connectivity index (χ2n) is 6.48. The molecule has 2 amide bonds. The molecule has 2 aromatic rings. The van der Waals surface area contributed by atoms with E-state index in [9.17, 15) is 19.2 Å². The molecule has 0 heterocycles. The van der Waals surface area contributed by atoms with E-state index in [2.05, 4.69) is 10.6 Å². The van der Waals surface area contributed by atoms with Crippen molar-refractivity contribution in [3.63, 3.8) is 0 Å². The Kier molecular flexibility index (Phi) is 8.56. The van der Waals surface area contributed by atoms with Gasteiger partial charge in [-0.25, -0.2) is 9.59 Å². The molecule has 0 bridgehead atoms. The highest BCUT2D eigenvalue weighted by Gasteiger charge is 2.13. The minimum absolute atomic E-state index is 0.137. The van der Waals surface area contributed by atoms with Crippen LogP contribution in [0.4, 0.5) is 0 Å². The Labute approximate surface area is 174 Å². The SMILES string of the molecule is Cc1ccccc1C(=O)OCC(=O)NCCNC(=O)COC(=O)c1ccccc1C. The molecule has 8 nitrogen and oxygen atoms in total. The van der Waals surface area contributed by atoms with Crippen molar-refractivity contribution in [2.45, 2.75) is 13.8 Å². The lowest BCUT2D eigenvalue weighted by Gasteiger charge is -2.09. The van der Waals surface area contributed by atoms with Crippen molar-refractivity contribution in [3.05, 3.63) is 70.8 Å². The summed E-state index contributed by atoms with van der Waals surface area (Å²) in [5.74, 6) is -2.13. The van der Waals surface area contributed by atoms with Crippen molar-refractivity contribution < 1.29 is 28.7 Å². The number of hydrogen-bond acceptors (Lipinski definition) is 6. The zero-order valence-corrected chi connectivity index (χ0v) is 16.9. The summed E-state index contributed by atoms with van der Waals surface area (Å²) < 4.78 is 9.94. The summed E-state index contributed by atoms with van der Waals surface area (Å²) in [5, 5.41) is 5.04. The van der Waals surface area contributed by atoms with Crippen molar-refractivity contribution in [1.29, 1.82) is 0 Å². The molecule has 0 aliphatic heterocycles. The number of carbonyl (C=O) groups is 4. The third kappa shape index (κ3) is 7.05. The molecule has 158 valence electrons. The van der Waals surface area contributed by atoms with Crippen LogP contribution in [0.5, 0.6) is 0 Å². The molecule has 0 radical (unpaired) electrons. The first-order valence-corrected chi connectivity index (χ1v) is 9.37. The smallest absolute Gasteiger partial charge is 0.338 e. The van der Waals surface area contributed by atoms with Crippen LogP contribution < -0.4 is 10.6 Å². The van der Waals surface area contributed by atoms with Gasteiger partial charge in [0.25, 0.3) is 11.8 Å². The number of amides is 2. The Hall–Kier alpha value is -3.68. The van der Waals surface area contributed by atoms with E-state index in [4.69, 9.17) is 9.47 Å². The minimum atomic E-state index is -0.577. The zero-order valence-electron chi connectivity index (χ0n) is 16.9. The van der Waals surface area contributed by atoms with Gasteiger partial charge in [-0.05, 0) is 37.1 Å². The number of benzene rings is 2. The highest BCUT2D eigenvalue weighted by molar-refractivity contribution is 5.93. The number of ether oxygens (including phenoxy) is 2. The molecule has 0 aromatic heterocycles. The van der Waals surface area contributed by atoms with Gasteiger partial charge in [0.05, 0.1) is 11.1 Å². The van der Waals surface area contributed by atoms with Gasteiger partial charge in [0.1, 0.15) is 0 Å².